The van der Waals surface area contributed by atoms with Gasteiger partial charge in [-0.05, 0) is 61.0 Å². The first-order valence-electron chi connectivity index (χ1n) is 10.2. The molecule has 0 aliphatic rings. The van der Waals surface area contributed by atoms with Gasteiger partial charge in [0, 0.05) is 30.8 Å². The van der Waals surface area contributed by atoms with Gasteiger partial charge < -0.3 is 10.2 Å². The zero-order chi connectivity index (χ0) is 23.1. The Morgan fingerprint density at radius 3 is 2.25 bits per heavy atom. The van der Waals surface area contributed by atoms with Gasteiger partial charge in [-0.25, -0.2) is 8.42 Å². The number of sulfonamides is 1. The topological polar surface area (TPSA) is 69.7 Å². The van der Waals surface area contributed by atoms with Crippen molar-refractivity contribution in [3.05, 3.63) is 89.4 Å². The van der Waals surface area contributed by atoms with Crippen LogP contribution in [0.4, 0.5) is 11.4 Å². The number of amides is 1. The maximum atomic E-state index is 13.4. The highest BCUT2D eigenvalue weighted by molar-refractivity contribution is 7.92. The standard InChI is InChI=1S/C24H26ClN3O3S/c1-19-7-6-10-22(17-19)28(32(30,31)23-13-11-20(25)12-14-23)18-24(29)26-15-16-27(2)21-8-4-3-5-9-21/h3-14,17H,15-16,18H2,1-2H3,(H,26,29). The number of likely N-dealkylation sites (N-methyl/N-ethyl adjacent to an activating group) is 1. The Morgan fingerprint density at radius 1 is 0.938 bits per heavy atom. The van der Waals surface area contributed by atoms with E-state index in [1.54, 1.807) is 18.2 Å². The van der Waals surface area contributed by atoms with Crippen molar-refractivity contribution in [3.8, 4) is 0 Å². The largest absolute Gasteiger partial charge is 0.373 e. The molecule has 0 radical (unpaired) electrons. The summed E-state index contributed by atoms with van der Waals surface area (Å²) >= 11 is 5.91. The molecule has 0 saturated carbocycles. The zero-order valence-corrected chi connectivity index (χ0v) is 19.6. The number of benzene rings is 3. The fraction of sp³-hybridized carbons (Fsp3) is 0.208. The van der Waals surface area contributed by atoms with Crippen molar-refractivity contribution in [1.29, 1.82) is 0 Å². The summed E-state index contributed by atoms with van der Waals surface area (Å²) in [5.41, 5.74) is 2.36. The van der Waals surface area contributed by atoms with Crippen LogP contribution in [0.5, 0.6) is 0 Å². The fourth-order valence-corrected chi connectivity index (χ4v) is 4.73. The number of hydrogen-bond donors (Lipinski definition) is 1. The SMILES string of the molecule is Cc1cccc(N(CC(=O)NCCN(C)c2ccccc2)S(=O)(=O)c2ccc(Cl)cc2)c1. The summed E-state index contributed by atoms with van der Waals surface area (Å²) in [5, 5.41) is 3.26. The quantitative estimate of drug-likeness (QED) is 0.510. The van der Waals surface area contributed by atoms with Gasteiger partial charge in [0.25, 0.3) is 10.0 Å². The van der Waals surface area contributed by atoms with Crippen molar-refractivity contribution in [1.82, 2.24) is 5.32 Å². The lowest BCUT2D eigenvalue weighted by Gasteiger charge is -2.25. The Morgan fingerprint density at radius 2 is 1.59 bits per heavy atom. The van der Waals surface area contributed by atoms with E-state index in [0.29, 0.717) is 23.8 Å². The maximum Gasteiger partial charge on any atom is 0.264 e. The van der Waals surface area contributed by atoms with Gasteiger partial charge in [0.15, 0.2) is 0 Å². The summed E-state index contributed by atoms with van der Waals surface area (Å²) in [6.45, 7) is 2.51. The van der Waals surface area contributed by atoms with Crippen molar-refractivity contribution < 1.29 is 13.2 Å². The zero-order valence-electron chi connectivity index (χ0n) is 18.0. The summed E-state index contributed by atoms with van der Waals surface area (Å²) in [4.78, 5) is 14.8. The van der Waals surface area contributed by atoms with E-state index in [2.05, 4.69) is 5.32 Å². The van der Waals surface area contributed by atoms with Gasteiger partial charge in [-0.2, -0.15) is 0 Å². The van der Waals surface area contributed by atoms with E-state index in [9.17, 15) is 13.2 Å². The van der Waals surface area contributed by atoms with Crippen LogP contribution in [0.1, 0.15) is 5.56 Å². The number of para-hydroxylation sites is 1. The number of anilines is 2. The Bertz CT molecular complexity index is 1150. The lowest BCUT2D eigenvalue weighted by molar-refractivity contribution is -0.119. The Hall–Kier alpha value is -3.03. The molecular weight excluding hydrogens is 446 g/mol. The molecule has 0 heterocycles. The summed E-state index contributed by atoms with van der Waals surface area (Å²) in [6.07, 6.45) is 0. The van der Waals surface area contributed by atoms with Gasteiger partial charge in [0.1, 0.15) is 6.54 Å². The van der Waals surface area contributed by atoms with Gasteiger partial charge >= 0.3 is 0 Å². The average molecular weight is 472 g/mol. The number of nitrogens with zero attached hydrogens (tertiary/aromatic N) is 2. The van der Waals surface area contributed by atoms with E-state index in [1.165, 1.54) is 24.3 Å². The van der Waals surface area contributed by atoms with Crippen LogP contribution >= 0.6 is 11.6 Å². The molecule has 0 saturated heterocycles. The predicted octanol–water partition coefficient (Wildman–Crippen LogP) is 4.10. The lowest BCUT2D eigenvalue weighted by atomic mass is 10.2. The number of nitrogens with one attached hydrogen (secondary N) is 1. The van der Waals surface area contributed by atoms with Crippen molar-refractivity contribution in [3.63, 3.8) is 0 Å². The van der Waals surface area contributed by atoms with E-state index in [-0.39, 0.29) is 17.3 Å². The minimum Gasteiger partial charge on any atom is -0.373 e. The molecule has 0 spiro atoms. The molecule has 0 atom stereocenters. The highest BCUT2D eigenvalue weighted by Crippen LogP contribution is 2.25. The fourth-order valence-electron chi connectivity index (χ4n) is 3.19. The molecule has 3 rings (SSSR count). The van der Waals surface area contributed by atoms with E-state index in [4.69, 9.17) is 11.6 Å². The first-order chi connectivity index (χ1) is 15.3. The molecule has 168 valence electrons. The van der Waals surface area contributed by atoms with Crippen molar-refractivity contribution in [2.45, 2.75) is 11.8 Å². The Balaban J connectivity index is 1.74. The minimum atomic E-state index is -3.96. The maximum absolute atomic E-state index is 13.4. The molecule has 0 fully saturated rings. The van der Waals surface area contributed by atoms with Gasteiger partial charge in [-0.3, -0.25) is 9.10 Å². The molecular formula is C24H26ClN3O3S. The first kappa shape index (κ1) is 23.6. The van der Waals surface area contributed by atoms with Crippen LogP contribution in [0.2, 0.25) is 5.02 Å². The third-order valence-corrected chi connectivity index (χ3v) is 6.98. The predicted molar refractivity (Wildman–Crippen MR) is 130 cm³/mol. The molecule has 1 amide bonds. The van der Waals surface area contributed by atoms with E-state index < -0.39 is 10.0 Å². The molecule has 0 aliphatic carbocycles. The molecule has 3 aromatic rings. The van der Waals surface area contributed by atoms with Crippen molar-refractivity contribution in [2.75, 3.05) is 35.9 Å². The second-order valence-electron chi connectivity index (χ2n) is 7.41. The van der Waals surface area contributed by atoms with Gasteiger partial charge in [-0.1, -0.05) is 41.9 Å². The highest BCUT2D eigenvalue weighted by atomic mass is 35.5. The van der Waals surface area contributed by atoms with Crippen LogP contribution in [0, 0.1) is 6.92 Å². The lowest BCUT2D eigenvalue weighted by Crippen LogP contribution is -2.42. The Kier molecular flexibility index (Phi) is 7.77. The second kappa shape index (κ2) is 10.5. The van der Waals surface area contributed by atoms with Crippen LogP contribution in [-0.2, 0) is 14.8 Å². The molecule has 6 nitrogen and oxygen atoms in total. The molecule has 0 unspecified atom stereocenters. The molecule has 0 bridgehead atoms. The van der Waals surface area contributed by atoms with Gasteiger partial charge in [0.2, 0.25) is 5.91 Å². The van der Waals surface area contributed by atoms with E-state index in [1.807, 2.05) is 55.3 Å². The Labute approximate surface area is 194 Å². The van der Waals surface area contributed by atoms with Crippen molar-refractivity contribution >= 4 is 38.9 Å². The summed E-state index contributed by atoms with van der Waals surface area (Å²) in [7, 11) is -2.03. The summed E-state index contributed by atoms with van der Waals surface area (Å²) in [6, 6.07) is 22.8. The second-order valence-corrected chi connectivity index (χ2v) is 9.71. The average Bonchev–Trinajstić information content (AvgIpc) is 2.78. The number of aryl methyl sites for hydroxylation is 1. The van der Waals surface area contributed by atoms with Crippen LogP contribution in [0.25, 0.3) is 0 Å². The molecule has 1 N–H and O–H groups in total. The number of carbonyl (C=O) groups excluding carboxylic acids is 1. The minimum absolute atomic E-state index is 0.0695. The van der Waals surface area contributed by atoms with Crippen LogP contribution in [0.3, 0.4) is 0 Å². The molecule has 8 heteroatoms. The normalized spacial score (nSPS) is 11.1. The number of carbonyl (C=O) groups is 1. The number of hydrogen-bond acceptors (Lipinski definition) is 4. The number of halogens is 1. The van der Waals surface area contributed by atoms with E-state index in [0.717, 1.165) is 15.6 Å². The van der Waals surface area contributed by atoms with Gasteiger partial charge in [-0.15, -0.1) is 0 Å². The van der Waals surface area contributed by atoms with Gasteiger partial charge in [0.05, 0.1) is 10.6 Å². The van der Waals surface area contributed by atoms with Crippen LogP contribution in [0.15, 0.2) is 83.8 Å². The smallest absolute Gasteiger partial charge is 0.264 e. The third-order valence-electron chi connectivity index (χ3n) is 4.94. The number of rotatable bonds is 9. The van der Waals surface area contributed by atoms with Crippen molar-refractivity contribution in [2.24, 2.45) is 0 Å². The molecule has 0 aliphatic heterocycles. The monoisotopic (exact) mass is 471 g/mol. The molecule has 0 aromatic heterocycles. The van der Waals surface area contributed by atoms with Crippen LogP contribution < -0.4 is 14.5 Å². The molecule has 32 heavy (non-hydrogen) atoms. The third kappa shape index (κ3) is 6.02. The first-order valence-corrected chi connectivity index (χ1v) is 12.0. The highest BCUT2D eigenvalue weighted by Gasteiger charge is 2.27. The molecule has 3 aromatic carbocycles. The summed E-state index contributed by atoms with van der Waals surface area (Å²) < 4.78 is 27.8. The summed E-state index contributed by atoms with van der Waals surface area (Å²) in [5.74, 6) is -0.384. The van der Waals surface area contributed by atoms with Crippen LogP contribution in [-0.4, -0.2) is 41.0 Å². The van der Waals surface area contributed by atoms with E-state index >= 15 is 0 Å².